The highest BCUT2D eigenvalue weighted by molar-refractivity contribution is 5.93. The summed E-state index contributed by atoms with van der Waals surface area (Å²) in [6.07, 6.45) is 3.71. The van der Waals surface area contributed by atoms with Crippen LogP contribution in [0.5, 0.6) is 0 Å². The number of nitrogens with zero attached hydrogens (tertiary/aromatic N) is 4. The maximum Gasteiger partial charge on any atom is 0.346 e. The van der Waals surface area contributed by atoms with Crippen LogP contribution < -0.4 is 10.6 Å². The van der Waals surface area contributed by atoms with E-state index >= 15 is 0 Å². The van der Waals surface area contributed by atoms with Gasteiger partial charge in [-0.25, -0.2) is 24.1 Å². The fraction of sp³-hybridized carbons (Fsp3) is 0.143. The van der Waals surface area contributed by atoms with Crippen LogP contribution >= 0.6 is 0 Å². The molecule has 2 aromatic heterocycles. The molecule has 38 heavy (non-hydrogen) atoms. The maximum atomic E-state index is 15.0. The van der Waals surface area contributed by atoms with Crippen LogP contribution in [0, 0.1) is 12.7 Å². The molecule has 6 rings (SSSR count). The molecule has 1 atom stereocenters. The average molecular weight is 510 g/mol. The van der Waals surface area contributed by atoms with Gasteiger partial charge in [-0.15, -0.1) is 0 Å². The number of carbonyl (C=O) groups excluding carboxylic acids is 1. The van der Waals surface area contributed by atoms with Gasteiger partial charge in [-0.3, -0.25) is 4.84 Å². The van der Waals surface area contributed by atoms with Crippen molar-refractivity contribution in [1.29, 1.82) is 0 Å². The number of aromatic amines is 1. The van der Waals surface area contributed by atoms with E-state index in [0.29, 0.717) is 41.1 Å². The van der Waals surface area contributed by atoms with Gasteiger partial charge in [0.1, 0.15) is 23.4 Å². The van der Waals surface area contributed by atoms with Crippen molar-refractivity contribution in [1.82, 2.24) is 25.0 Å². The first-order valence-electron chi connectivity index (χ1n) is 12.2. The zero-order valence-electron chi connectivity index (χ0n) is 20.5. The summed E-state index contributed by atoms with van der Waals surface area (Å²) < 4.78 is 15.0. The molecule has 3 heterocycles. The number of fused-ring (bicyclic) bond motifs is 1. The lowest BCUT2D eigenvalue weighted by molar-refractivity contribution is -0.0830. The number of urea groups is 1. The number of anilines is 3. The predicted octanol–water partition coefficient (Wildman–Crippen LogP) is 6.12. The van der Waals surface area contributed by atoms with Crippen molar-refractivity contribution in [3.8, 4) is 11.3 Å². The highest BCUT2D eigenvalue weighted by Gasteiger charge is 2.32. The summed E-state index contributed by atoms with van der Waals surface area (Å²) in [5.41, 5.74) is 5.78. The number of para-hydroxylation sites is 1. The third-order valence-corrected chi connectivity index (χ3v) is 6.51. The van der Waals surface area contributed by atoms with Crippen LogP contribution in [0.15, 0.2) is 79.4 Å². The van der Waals surface area contributed by atoms with E-state index in [2.05, 4.69) is 30.6 Å². The minimum absolute atomic E-state index is 0.0413. The lowest BCUT2D eigenvalue weighted by atomic mass is 10.1. The molecule has 0 aliphatic carbocycles. The van der Waals surface area contributed by atoms with Crippen LogP contribution in [0.1, 0.15) is 23.6 Å². The summed E-state index contributed by atoms with van der Waals surface area (Å²) in [4.78, 5) is 34.7. The van der Waals surface area contributed by atoms with Crippen LogP contribution in [-0.4, -0.2) is 37.6 Å². The summed E-state index contributed by atoms with van der Waals surface area (Å²) in [6.45, 7) is 2.20. The normalized spacial score (nSPS) is 15.1. The number of rotatable bonds is 5. The van der Waals surface area contributed by atoms with Gasteiger partial charge in [0.05, 0.1) is 24.7 Å². The van der Waals surface area contributed by atoms with Crippen LogP contribution in [-0.2, 0) is 4.84 Å². The zero-order valence-corrected chi connectivity index (χ0v) is 20.5. The molecule has 2 amide bonds. The minimum Gasteiger partial charge on any atom is -0.355 e. The van der Waals surface area contributed by atoms with Gasteiger partial charge in [-0.05, 0) is 36.2 Å². The van der Waals surface area contributed by atoms with E-state index in [4.69, 9.17) is 4.84 Å². The topological polar surface area (TPSA) is 108 Å². The molecule has 1 aliphatic heterocycles. The molecule has 0 radical (unpaired) electrons. The second-order valence-electron chi connectivity index (χ2n) is 8.94. The number of nitrogens with one attached hydrogen (secondary N) is 3. The molecule has 3 N–H and O–H groups in total. The summed E-state index contributed by atoms with van der Waals surface area (Å²) in [5, 5.41) is 7.34. The molecule has 0 unspecified atom stereocenters. The van der Waals surface area contributed by atoms with Crippen molar-refractivity contribution in [2.75, 3.05) is 17.2 Å². The average Bonchev–Trinajstić information content (AvgIpc) is 3.62. The number of H-pyrrole nitrogens is 1. The number of carbonyl (C=O) groups is 1. The monoisotopic (exact) mass is 509 g/mol. The first-order valence-corrected chi connectivity index (χ1v) is 12.2. The van der Waals surface area contributed by atoms with E-state index < -0.39 is 11.8 Å². The number of hydroxylamine groups is 2. The Morgan fingerprint density at radius 2 is 1.84 bits per heavy atom. The third-order valence-electron chi connectivity index (χ3n) is 6.51. The van der Waals surface area contributed by atoms with Gasteiger partial charge in [0.15, 0.2) is 5.65 Å². The number of amides is 2. The van der Waals surface area contributed by atoms with Crippen LogP contribution in [0.2, 0.25) is 0 Å². The van der Waals surface area contributed by atoms with Gasteiger partial charge in [-0.2, -0.15) is 5.06 Å². The van der Waals surface area contributed by atoms with Crippen molar-refractivity contribution in [3.05, 3.63) is 96.3 Å². The number of hydrogen-bond acceptors (Lipinski definition) is 6. The molecule has 10 heteroatoms. The van der Waals surface area contributed by atoms with Crippen molar-refractivity contribution in [3.63, 3.8) is 0 Å². The lowest BCUT2D eigenvalue weighted by Gasteiger charge is -2.23. The van der Waals surface area contributed by atoms with E-state index in [0.717, 1.165) is 16.8 Å². The Labute approximate surface area is 217 Å². The Morgan fingerprint density at radius 1 is 1.03 bits per heavy atom. The number of aryl methyl sites for hydroxylation is 1. The SMILES string of the molecule is Cc1cc(F)c(NC(=O)N2OCC[C@@H]2c2ccccc2)cc1Nc1ccccc1-c1ncnc2[nH]cnc12. The van der Waals surface area contributed by atoms with Gasteiger partial charge in [0.2, 0.25) is 0 Å². The van der Waals surface area contributed by atoms with Crippen molar-refractivity contribution in [2.45, 2.75) is 19.4 Å². The van der Waals surface area contributed by atoms with Crippen molar-refractivity contribution in [2.24, 2.45) is 0 Å². The van der Waals surface area contributed by atoms with E-state index in [1.807, 2.05) is 54.6 Å². The first kappa shape index (κ1) is 23.6. The summed E-state index contributed by atoms with van der Waals surface area (Å²) in [5.74, 6) is -0.542. The molecule has 1 fully saturated rings. The molecular weight excluding hydrogens is 485 g/mol. The summed E-state index contributed by atoms with van der Waals surface area (Å²) in [6, 6.07) is 19.4. The van der Waals surface area contributed by atoms with E-state index in [9.17, 15) is 9.18 Å². The number of hydrogen-bond donors (Lipinski definition) is 3. The van der Waals surface area contributed by atoms with Crippen LogP contribution in [0.25, 0.3) is 22.4 Å². The second kappa shape index (κ2) is 9.91. The smallest absolute Gasteiger partial charge is 0.346 e. The number of imidazole rings is 1. The molecule has 1 saturated heterocycles. The number of aromatic nitrogens is 4. The van der Waals surface area contributed by atoms with Crippen molar-refractivity contribution < 1.29 is 14.0 Å². The molecular formula is C28H24FN7O2. The number of benzene rings is 3. The highest BCUT2D eigenvalue weighted by Crippen LogP contribution is 2.35. The Hall–Kier alpha value is -4.83. The van der Waals surface area contributed by atoms with E-state index in [1.54, 1.807) is 19.3 Å². The Morgan fingerprint density at radius 3 is 2.71 bits per heavy atom. The predicted molar refractivity (Wildman–Crippen MR) is 142 cm³/mol. The molecule has 5 aromatic rings. The Kier molecular flexibility index (Phi) is 6.14. The first-order chi connectivity index (χ1) is 18.6. The largest absolute Gasteiger partial charge is 0.355 e. The number of halogens is 1. The minimum atomic E-state index is -0.542. The Bertz CT molecular complexity index is 1620. The quantitative estimate of drug-likeness (QED) is 0.263. The third kappa shape index (κ3) is 4.41. The molecule has 3 aromatic carbocycles. The molecule has 1 aliphatic rings. The maximum absolute atomic E-state index is 15.0. The molecule has 0 spiro atoms. The summed E-state index contributed by atoms with van der Waals surface area (Å²) in [7, 11) is 0. The van der Waals surface area contributed by atoms with Gasteiger partial charge < -0.3 is 15.6 Å². The van der Waals surface area contributed by atoms with Crippen LogP contribution in [0.4, 0.5) is 26.2 Å². The Balaban J connectivity index is 1.28. The standard InChI is InChI=1S/C28H24FN7O2/c1-17-13-20(29)23(35-28(37)36-24(11-12-38-36)18-7-3-2-4-8-18)14-22(17)34-21-10-6-5-9-19(21)25-26-27(32-15-30-25)33-16-31-26/h2-10,13-16,24,34H,11-12H2,1H3,(H,35,37)(H,30,31,32,33)/t24-/m1/s1. The van der Waals surface area contributed by atoms with E-state index in [1.165, 1.54) is 17.5 Å². The highest BCUT2D eigenvalue weighted by atomic mass is 19.1. The second-order valence-corrected chi connectivity index (χ2v) is 8.94. The van der Waals surface area contributed by atoms with E-state index in [-0.39, 0.29) is 11.7 Å². The fourth-order valence-electron chi connectivity index (χ4n) is 4.63. The summed E-state index contributed by atoms with van der Waals surface area (Å²) >= 11 is 0. The molecule has 9 nitrogen and oxygen atoms in total. The lowest BCUT2D eigenvalue weighted by Crippen LogP contribution is -2.33. The van der Waals surface area contributed by atoms with Crippen molar-refractivity contribution >= 4 is 34.3 Å². The molecule has 0 bridgehead atoms. The zero-order chi connectivity index (χ0) is 26.1. The van der Waals surface area contributed by atoms with Crippen LogP contribution in [0.3, 0.4) is 0 Å². The molecule has 0 saturated carbocycles. The van der Waals surface area contributed by atoms with Gasteiger partial charge in [0.25, 0.3) is 0 Å². The molecule has 190 valence electrons. The van der Waals surface area contributed by atoms with Gasteiger partial charge in [-0.1, -0.05) is 48.5 Å². The fourth-order valence-corrected chi connectivity index (χ4v) is 4.63. The van der Waals surface area contributed by atoms with Gasteiger partial charge >= 0.3 is 6.03 Å². The van der Waals surface area contributed by atoms with Gasteiger partial charge in [0, 0.05) is 23.4 Å².